The number of piperidine rings is 1. The number of nitrogens with zero attached hydrogens (tertiary/aromatic N) is 1. The number of carbonyl (C=O) groups is 2. The Hall–Kier alpha value is -2.86. The Labute approximate surface area is 234 Å². The number of aliphatic hydroxyl groups excluding tert-OH is 1. The van der Waals surface area contributed by atoms with Gasteiger partial charge >= 0.3 is 5.97 Å². The number of nitrogens with one attached hydrogen (secondary N) is 1. The lowest BCUT2D eigenvalue weighted by Gasteiger charge is -2.41. The normalized spacial score (nSPS) is 24.7. The van der Waals surface area contributed by atoms with E-state index < -0.39 is 18.0 Å². The Kier molecular flexibility index (Phi) is 9.46. The zero-order valence-electron chi connectivity index (χ0n) is 22.6. The summed E-state index contributed by atoms with van der Waals surface area (Å²) in [5.74, 6) is -1.55. The molecule has 0 aliphatic carbocycles. The molecule has 3 N–H and O–H groups in total. The van der Waals surface area contributed by atoms with Crippen LogP contribution in [0.3, 0.4) is 0 Å². The van der Waals surface area contributed by atoms with E-state index in [1.54, 1.807) is 12.1 Å². The number of ether oxygens (including phenoxy) is 4. The van der Waals surface area contributed by atoms with Crippen molar-refractivity contribution < 1.29 is 38.7 Å². The van der Waals surface area contributed by atoms with E-state index in [4.69, 9.17) is 24.1 Å². The van der Waals surface area contributed by atoms with Crippen LogP contribution in [0, 0.1) is 0 Å². The summed E-state index contributed by atoms with van der Waals surface area (Å²) in [6.07, 6.45) is 1.98. The fraction of sp³-hybridized carbons (Fsp3) is 0.533. The molecule has 216 valence electrons. The van der Waals surface area contributed by atoms with Gasteiger partial charge in [0.25, 0.3) is 0 Å². The second kappa shape index (κ2) is 13.2. The van der Waals surface area contributed by atoms with E-state index in [0.29, 0.717) is 31.7 Å². The molecule has 3 aliphatic heterocycles. The van der Waals surface area contributed by atoms with Gasteiger partial charge < -0.3 is 39.4 Å². The summed E-state index contributed by atoms with van der Waals surface area (Å²) in [4.78, 5) is 25.2. The van der Waals surface area contributed by atoms with Gasteiger partial charge in [-0.05, 0) is 29.7 Å². The Bertz CT molecular complexity index is 1120. The first-order valence-corrected chi connectivity index (χ1v) is 14.0. The zero-order chi connectivity index (χ0) is 28.0. The first-order valence-electron chi connectivity index (χ1n) is 14.0. The Balaban J connectivity index is 1.24. The molecule has 10 nitrogen and oxygen atoms in total. The van der Waals surface area contributed by atoms with Crippen molar-refractivity contribution in [2.75, 3.05) is 38.2 Å². The average molecular weight is 555 g/mol. The minimum atomic E-state index is -0.911. The molecule has 3 heterocycles. The molecule has 0 saturated carbocycles. The first-order chi connectivity index (χ1) is 19.4. The third kappa shape index (κ3) is 7.45. The largest absolute Gasteiger partial charge is 0.481 e. The van der Waals surface area contributed by atoms with E-state index in [-0.39, 0.29) is 37.6 Å². The molecule has 2 aromatic rings. The predicted octanol–water partition coefficient (Wildman–Crippen LogP) is 3.76. The number of aliphatic carboxylic acids is 1. The van der Waals surface area contributed by atoms with E-state index >= 15 is 0 Å². The maximum atomic E-state index is 12.2. The van der Waals surface area contributed by atoms with Crippen LogP contribution in [0.5, 0.6) is 0 Å². The minimum Gasteiger partial charge on any atom is -0.481 e. The van der Waals surface area contributed by atoms with Crippen molar-refractivity contribution >= 4 is 17.6 Å². The zero-order valence-corrected chi connectivity index (χ0v) is 22.6. The summed E-state index contributed by atoms with van der Waals surface area (Å²) in [5.41, 5.74) is 3.36. The van der Waals surface area contributed by atoms with Crippen LogP contribution in [-0.2, 0) is 35.1 Å². The number of carboxylic acid groups (broad SMARTS) is 1. The Morgan fingerprint density at radius 1 is 0.925 bits per heavy atom. The number of aliphatic hydroxyl groups is 1. The number of hydrogen-bond donors (Lipinski definition) is 3. The van der Waals surface area contributed by atoms with Crippen LogP contribution >= 0.6 is 0 Å². The van der Waals surface area contributed by atoms with Gasteiger partial charge in [-0.25, -0.2) is 0 Å². The van der Waals surface area contributed by atoms with Crippen LogP contribution in [-0.4, -0.2) is 71.7 Å². The highest BCUT2D eigenvalue weighted by Gasteiger charge is 2.41. The lowest BCUT2D eigenvalue weighted by atomic mass is 9.98. The van der Waals surface area contributed by atoms with Crippen molar-refractivity contribution in [3.05, 3.63) is 65.2 Å². The number of carbonyl (C=O) groups excluding carboxylic acids is 1. The van der Waals surface area contributed by atoms with Gasteiger partial charge in [-0.3, -0.25) is 9.59 Å². The fourth-order valence-electron chi connectivity index (χ4n) is 5.53. The fourth-order valence-corrected chi connectivity index (χ4v) is 5.53. The molecule has 0 bridgehead atoms. The molecule has 3 atom stereocenters. The van der Waals surface area contributed by atoms with Gasteiger partial charge in [0.2, 0.25) is 5.91 Å². The highest BCUT2D eigenvalue weighted by Crippen LogP contribution is 2.39. The molecule has 3 unspecified atom stereocenters. The number of carboxylic acids is 1. The SMILES string of the molecule is O=C(O)CCCC(=O)Nc1ccc(C2OC(CN3CCC4(CC3)OCCO4)CC(c3ccc(CO)cc3)O2)cc1. The second-order valence-electron chi connectivity index (χ2n) is 10.7. The molecule has 3 saturated heterocycles. The lowest BCUT2D eigenvalue weighted by Crippen LogP contribution is -2.48. The molecule has 5 rings (SSSR count). The van der Waals surface area contributed by atoms with Gasteiger partial charge in [0.15, 0.2) is 12.1 Å². The van der Waals surface area contributed by atoms with Crippen molar-refractivity contribution in [3.8, 4) is 0 Å². The third-order valence-electron chi connectivity index (χ3n) is 7.77. The average Bonchev–Trinajstić information content (AvgIpc) is 3.42. The van der Waals surface area contributed by atoms with E-state index in [9.17, 15) is 14.7 Å². The van der Waals surface area contributed by atoms with Crippen molar-refractivity contribution in [1.29, 1.82) is 0 Å². The van der Waals surface area contributed by atoms with Crippen molar-refractivity contribution in [1.82, 2.24) is 4.90 Å². The van der Waals surface area contributed by atoms with E-state index in [0.717, 1.165) is 49.2 Å². The second-order valence-corrected chi connectivity index (χ2v) is 10.7. The van der Waals surface area contributed by atoms with Crippen molar-refractivity contribution in [2.45, 2.75) is 69.4 Å². The lowest BCUT2D eigenvalue weighted by molar-refractivity contribution is -0.255. The van der Waals surface area contributed by atoms with Crippen molar-refractivity contribution in [3.63, 3.8) is 0 Å². The molecule has 0 radical (unpaired) electrons. The van der Waals surface area contributed by atoms with Crippen molar-refractivity contribution in [2.24, 2.45) is 0 Å². The van der Waals surface area contributed by atoms with Crippen LogP contribution in [0.4, 0.5) is 5.69 Å². The number of anilines is 1. The van der Waals surface area contributed by atoms with Gasteiger partial charge in [0.1, 0.15) is 0 Å². The van der Waals surface area contributed by atoms with E-state index in [1.807, 2.05) is 36.4 Å². The van der Waals surface area contributed by atoms with E-state index in [2.05, 4.69) is 10.2 Å². The smallest absolute Gasteiger partial charge is 0.303 e. The Morgan fingerprint density at radius 3 is 2.25 bits per heavy atom. The molecule has 40 heavy (non-hydrogen) atoms. The van der Waals surface area contributed by atoms with Crippen LogP contribution < -0.4 is 5.32 Å². The molecule has 1 spiro atoms. The summed E-state index contributed by atoms with van der Waals surface area (Å²) in [5, 5.41) is 21.0. The van der Waals surface area contributed by atoms with Crippen LogP contribution in [0.1, 0.15) is 67.6 Å². The number of rotatable bonds is 10. The van der Waals surface area contributed by atoms with Crippen LogP contribution in [0.2, 0.25) is 0 Å². The molecule has 1 amide bonds. The predicted molar refractivity (Wildman–Crippen MR) is 145 cm³/mol. The van der Waals surface area contributed by atoms with Crippen LogP contribution in [0.25, 0.3) is 0 Å². The monoisotopic (exact) mass is 554 g/mol. The molecule has 10 heteroatoms. The number of benzene rings is 2. The van der Waals surface area contributed by atoms with Gasteiger partial charge in [0, 0.05) is 63.0 Å². The number of hydrogen-bond acceptors (Lipinski definition) is 8. The quantitative estimate of drug-likeness (QED) is 0.402. The third-order valence-corrected chi connectivity index (χ3v) is 7.77. The summed E-state index contributed by atoms with van der Waals surface area (Å²) < 4.78 is 24.7. The number of likely N-dealkylation sites (tertiary alicyclic amines) is 1. The highest BCUT2D eigenvalue weighted by molar-refractivity contribution is 5.90. The molecule has 2 aromatic carbocycles. The molecule has 0 aromatic heterocycles. The van der Waals surface area contributed by atoms with Gasteiger partial charge in [-0.1, -0.05) is 36.4 Å². The minimum absolute atomic E-state index is 0.00745. The van der Waals surface area contributed by atoms with Crippen LogP contribution in [0.15, 0.2) is 48.5 Å². The summed E-state index contributed by atoms with van der Waals surface area (Å²) in [7, 11) is 0. The maximum Gasteiger partial charge on any atom is 0.303 e. The van der Waals surface area contributed by atoms with E-state index in [1.165, 1.54) is 0 Å². The summed E-state index contributed by atoms with van der Waals surface area (Å²) in [6, 6.07) is 15.2. The first kappa shape index (κ1) is 28.7. The number of amides is 1. The van der Waals surface area contributed by atoms with Gasteiger partial charge in [-0.2, -0.15) is 0 Å². The molecule has 3 fully saturated rings. The molecular weight excluding hydrogens is 516 g/mol. The van der Waals surface area contributed by atoms with Gasteiger partial charge in [-0.15, -0.1) is 0 Å². The molecule has 3 aliphatic rings. The van der Waals surface area contributed by atoms with Gasteiger partial charge in [0.05, 0.1) is 32.0 Å². The standard InChI is InChI=1S/C30H38N2O8/c33-20-21-4-6-22(7-5-21)26-18-25(19-32-14-12-30(13-15-32)37-16-17-38-30)39-29(40-26)23-8-10-24(11-9-23)31-27(34)2-1-3-28(35)36/h4-11,25-26,29,33H,1-3,12-20H2,(H,31,34)(H,35,36). The summed E-state index contributed by atoms with van der Waals surface area (Å²) in [6.45, 7) is 3.84. The summed E-state index contributed by atoms with van der Waals surface area (Å²) >= 11 is 0. The maximum absolute atomic E-state index is 12.2. The Morgan fingerprint density at radius 2 is 1.60 bits per heavy atom. The molecular formula is C30H38N2O8. The highest BCUT2D eigenvalue weighted by atomic mass is 16.7. The topological polar surface area (TPSA) is 127 Å².